The average molecular weight is 411 g/mol. The molecule has 0 spiro atoms. The minimum Gasteiger partial charge on any atom is -0.370 e. The molecule has 5 heteroatoms. The Balaban J connectivity index is 1.36. The van der Waals surface area contributed by atoms with Crippen molar-refractivity contribution in [1.82, 2.24) is 4.90 Å². The van der Waals surface area contributed by atoms with E-state index in [1.54, 1.807) is 0 Å². The van der Waals surface area contributed by atoms with Crippen molar-refractivity contribution in [3.63, 3.8) is 0 Å². The second kappa shape index (κ2) is 9.24. The fourth-order valence-corrected chi connectivity index (χ4v) is 5.30. The summed E-state index contributed by atoms with van der Waals surface area (Å²) >= 11 is 1.86. The van der Waals surface area contributed by atoms with E-state index < -0.39 is 0 Å². The number of nitrogens with zero attached hydrogens (tertiary/aromatic N) is 1. The van der Waals surface area contributed by atoms with Crippen LogP contribution in [0.2, 0.25) is 0 Å². The molecule has 1 aromatic heterocycles. The zero-order valence-corrected chi connectivity index (χ0v) is 17.9. The van der Waals surface area contributed by atoms with Crippen molar-refractivity contribution in [2.75, 3.05) is 25.0 Å². The van der Waals surface area contributed by atoms with Crippen LogP contribution >= 0.6 is 11.3 Å². The van der Waals surface area contributed by atoms with Crippen molar-refractivity contribution in [3.05, 3.63) is 64.4 Å². The summed E-state index contributed by atoms with van der Waals surface area (Å²) in [6.07, 6.45) is 9.44. The van der Waals surface area contributed by atoms with Gasteiger partial charge in [-0.05, 0) is 67.9 Å². The van der Waals surface area contributed by atoms with Crippen LogP contribution in [0.5, 0.6) is 0 Å². The number of likely N-dealkylation sites (tertiary alicyclic amines) is 1. The summed E-state index contributed by atoms with van der Waals surface area (Å²) in [5, 5.41) is 5.01. The van der Waals surface area contributed by atoms with E-state index >= 15 is 0 Å². The molecule has 2 aromatic rings. The van der Waals surface area contributed by atoms with Crippen molar-refractivity contribution in [2.45, 2.75) is 45.3 Å². The van der Waals surface area contributed by atoms with E-state index in [4.69, 9.17) is 4.74 Å². The maximum atomic E-state index is 11.2. The molecule has 2 aliphatic heterocycles. The number of thiophene rings is 1. The van der Waals surface area contributed by atoms with E-state index in [0.29, 0.717) is 0 Å². The number of hydrogen-bond donors (Lipinski definition) is 1. The molecule has 3 heterocycles. The predicted molar refractivity (Wildman–Crippen MR) is 119 cm³/mol. The van der Waals surface area contributed by atoms with E-state index in [0.717, 1.165) is 38.3 Å². The van der Waals surface area contributed by atoms with Gasteiger partial charge in [0.25, 0.3) is 0 Å². The fraction of sp³-hybridized carbons (Fsp3) is 0.458. The number of carbonyl (C=O) groups excluding carboxylic acids is 1. The Hall–Kier alpha value is -1.95. The maximum absolute atomic E-state index is 11.2. The molecule has 0 bridgehead atoms. The molecule has 1 saturated heterocycles. The van der Waals surface area contributed by atoms with Crippen LogP contribution in [0.15, 0.2) is 53.9 Å². The normalized spacial score (nSPS) is 21.3. The zero-order chi connectivity index (χ0) is 20.1. The van der Waals surface area contributed by atoms with Gasteiger partial charge in [0.15, 0.2) is 0 Å². The summed E-state index contributed by atoms with van der Waals surface area (Å²) in [7, 11) is 0. The first-order chi connectivity index (χ1) is 14.1. The van der Waals surface area contributed by atoms with Crippen LogP contribution in [0.3, 0.4) is 0 Å². The maximum Gasteiger partial charge on any atom is 0.221 e. The van der Waals surface area contributed by atoms with Gasteiger partial charge in [0.05, 0.1) is 12.7 Å². The van der Waals surface area contributed by atoms with Crippen molar-refractivity contribution < 1.29 is 9.53 Å². The molecule has 1 amide bonds. The smallest absolute Gasteiger partial charge is 0.221 e. The Labute approximate surface area is 177 Å². The summed E-state index contributed by atoms with van der Waals surface area (Å²) < 4.78 is 6.10. The molecule has 2 aliphatic rings. The molecule has 1 aromatic carbocycles. The SMILES string of the molecule is CC(=O)Nc1ccc(CN2CCC(CCc3cccs3)(C3C=CCO3)CC2)cc1. The summed E-state index contributed by atoms with van der Waals surface area (Å²) in [5.41, 5.74) is 2.41. The highest BCUT2D eigenvalue weighted by atomic mass is 32.1. The number of ether oxygens (including phenoxy) is 1. The van der Waals surface area contributed by atoms with Crippen LogP contribution in [0, 0.1) is 5.41 Å². The zero-order valence-electron chi connectivity index (χ0n) is 17.1. The van der Waals surface area contributed by atoms with Gasteiger partial charge in [0, 0.05) is 29.4 Å². The first-order valence-electron chi connectivity index (χ1n) is 10.5. The molecule has 4 nitrogen and oxygen atoms in total. The minimum atomic E-state index is -0.0316. The molecule has 0 aliphatic carbocycles. The molecule has 1 fully saturated rings. The van der Waals surface area contributed by atoms with Gasteiger partial charge in [-0.2, -0.15) is 0 Å². The Bertz CT molecular complexity index is 821. The third-order valence-electron chi connectivity index (χ3n) is 6.27. The van der Waals surface area contributed by atoms with E-state index in [9.17, 15) is 4.79 Å². The van der Waals surface area contributed by atoms with Crippen LogP contribution in [0.1, 0.15) is 36.6 Å². The number of amides is 1. The van der Waals surface area contributed by atoms with E-state index in [1.165, 1.54) is 36.6 Å². The van der Waals surface area contributed by atoms with E-state index in [2.05, 4.69) is 52.0 Å². The van der Waals surface area contributed by atoms with Crippen molar-refractivity contribution in [3.8, 4) is 0 Å². The van der Waals surface area contributed by atoms with Gasteiger partial charge in [-0.1, -0.05) is 30.4 Å². The number of nitrogens with one attached hydrogen (secondary N) is 1. The second-order valence-corrected chi connectivity index (χ2v) is 9.31. The predicted octanol–water partition coefficient (Wildman–Crippen LogP) is 4.88. The van der Waals surface area contributed by atoms with Gasteiger partial charge < -0.3 is 10.1 Å². The quantitative estimate of drug-likeness (QED) is 0.662. The Morgan fingerprint density at radius 3 is 2.66 bits per heavy atom. The molecule has 0 radical (unpaired) electrons. The van der Waals surface area contributed by atoms with Gasteiger partial charge in [-0.15, -0.1) is 11.3 Å². The molecule has 1 N–H and O–H groups in total. The highest BCUT2D eigenvalue weighted by Crippen LogP contribution is 2.43. The number of benzene rings is 1. The van der Waals surface area contributed by atoms with Crippen LogP contribution in [-0.2, 0) is 22.5 Å². The highest BCUT2D eigenvalue weighted by molar-refractivity contribution is 7.09. The van der Waals surface area contributed by atoms with Crippen molar-refractivity contribution >= 4 is 22.9 Å². The number of rotatable bonds is 7. The summed E-state index contributed by atoms with van der Waals surface area (Å²) in [5.74, 6) is -0.0316. The monoisotopic (exact) mass is 410 g/mol. The lowest BCUT2D eigenvalue weighted by atomic mass is 9.70. The average Bonchev–Trinajstić information content (AvgIpc) is 3.43. The number of aryl methyl sites for hydroxylation is 1. The van der Waals surface area contributed by atoms with Gasteiger partial charge in [0.2, 0.25) is 5.91 Å². The lowest BCUT2D eigenvalue weighted by molar-refractivity contribution is -0.114. The molecule has 1 atom stereocenters. The topological polar surface area (TPSA) is 41.6 Å². The lowest BCUT2D eigenvalue weighted by Crippen LogP contribution is -2.46. The number of hydrogen-bond acceptors (Lipinski definition) is 4. The Kier molecular flexibility index (Phi) is 6.48. The van der Waals surface area contributed by atoms with E-state index in [-0.39, 0.29) is 17.4 Å². The van der Waals surface area contributed by atoms with Crippen LogP contribution in [-0.4, -0.2) is 36.6 Å². The molecule has 4 rings (SSSR count). The van der Waals surface area contributed by atoms with Crippen molar-refractivity contribution in [2.24, 2.45) is 5.41 Å². The van der Waals surface area contributed by atoms with Crippen LogP contribution in [0.4, 0.5) is 5.69 Å². The minimum absolute atomic E-state index is 0.0316. The molecule has 29 heavy (non-hydrogen) atoms. The lowest BCUT2D eigenvalue weighted by Gasteiger charge is -2.45. The van der Waals surface area contributed by atoms with Gasteiger partial charge >= 0.3 is 0 Å². The van der Waals surface area contributed by atoms with Crippen molar-refractivity contribution in [1.29, 1.82) is 0 Å². The second-order valence-electron chi connectivity index (χ2n) is 8.28. The molecule has 1 unspecified atom stereocenters. The molecular formula is C24H30N2O2S. The Morgan fingerprint density at radius 1 is 1.24 bits per heavy atom. The van der Waals surface area contributed by atoms with Crippen LogP contribution < -0.4 is 5.32 Å². The summed E-state index contributed by atoms with van der Waals surface area (Å²) in [6.45, 7) is 5.46. The number of anilines is 1. The number of piperidine rings is 1. The van der Waals surface area contributed by atoms with Gasteiger partial charge in [-0.3, -0.25) is 9.69 Å². The Morgan fingerprint density at radius 2 is 2.03 bits per heavy atom. The standard InChI is InChI=1S/C24H30N2O2S/c1-19(27)25-21-8-6-20(7-9-21)18-26-14-12-24(13-15-26,23-5-2-16-28-23)11-10-22-4-3-17-29-22/h2-9,17,23H,10-16,18H2,1H3,(H,25,27). The summed E-state index contributed by atoms with van der Waals surface area (Å²) in [6, 6.07) is 12.6. The van der Waals surface area contributed by atoms with Gasteiger partial charge in [-0.25, -0.2) is 0 Å². The highest BCUT2D eigenvalue weighted by Gasteiger charge is 2.41. The first kappa shape index (κ1) is 20.3. The van der Waals surface area contributed by atoms with E-state index in [1.807, 2.05) is 23.5 Å². The molecule has 154 valence electrons. The third-order valence-corrected chi connectivity index (χ3v) is 7.20. The fourth-order valence-electron chi connectivity index (χ4n) is 4.59. The summed E-state index contributed by atoms with van der Waals surface area (Å²) in [4.78, 5) is 15.2. The van der Waals surface area contributed by atoms with Gasteiger partial charge in [0.1, 0.15) is 0 Å². The largest absolute Gasteiger partial charge is 0.370 e. The molecular weight excluding hydrogens is 380 g/mol. The number of carbonyl (C=O) groups is 1. The first-order valence-corrected chi connectivity index (χ1v) is 11.4. The van der Waals surface area contributed by atoms with Crippen LogP contribution in [0.25, 0.3) is 0 Å². The third kappa shape index (κ3) is 5.16. The molecule has 0 saturated carbocycles.